The zero-order chi connectivity index (χ0) is 5.58. The quantitative estimate of drug-likeness (QED) is 0.665. The summed E-state index contributed by atoms with van der Waals surface area (Å²) in [6, 6.07) is 0. The molecule has 0 spiro atoms. The van der Waals surface area contributed by atoms with Gasteiger partial charge in [-0.2, -0.15) is 0 Å². The zero-order valence-corrected chi connectivity index (χ0v) is 6.87. The van der Waals surface area contributed by atoms with Crippen LogP contribution in [0.25, 0.3) is 0 Å². The Kier molecular flexibility index (Phi) is 14.1. The maximum absolute atomic E-state index is 8.56. The van der Waals surface area contributed by atoms with Gasteiger partial charge in [-0.1, -0.05) is 0 Å². The molecule has 0 unspecified atom stereocenters. The molecule has 5 heteroatoms. The summed E-state index contributed by atoms with van der Waals surface area (Å²) in [6.07, 6.45) is -1.83. The van der Waals surface area contributed by atoms with Crippen LogP contribution in [0.5, 0.6) is 0 Å². The van der Waals surface area contributed by atoms with E-state index in [0.717, 1.165) is 0 Å². The van der Waals surface area contributed by atoms with Gasteiger partial charge in [-0.25, -0.2) is 4.79 Å². The molecular weight excluding hydrogens is 314 g/mol. The van der Waals surface area contributed by atoms with E-state index in [9.17, 15) is 0 Å². The fourth-order valence-corrected chi connectivity index (χ4v) is 0. The predicted molar refractivity (Wildman–Crippen MR) is 11.3 cm³/mol. The van der Waals surface area contributed by atoms with Crippen molar-refractivity contribution in [2.75, 3.05) is 0 Å². The first-order valence-corrected chi connectivity index (χ1v) is 2.56. The molecule has 0 aromatic heterocycles. The Morgan fingerprint density at radius 2 is 1.33 bits per heavy atom. The SMILES string of the molecule is O=C(O)O.[O]=[U]. The second-order valence-corrected chi connectivity index (χ2v) is 0.283. The van der Waals surface area contributed by atoms with Crippen LogP contribution in [0.1, 0.15) is 0 Å². The Bertz CT molecular complexity index is 38.8. The molecule has 0 rings (SSSR count). The van der Waals surface area contributed by atoms with Crippen molar-refractivity contribution in [1.82, 2.24) is 0 Å². The van der Waals surface area contributed by atoms with Crippen molar-refractivity contribution in [3.8, 4) is 0 Å². The van der Waals surface area contributed by atoms with Crippen molar-refractivity contribution in [2.24, 2.45) is 0 Å². The van der Waals surface area contributed by atoms with E-state index >= 15 is 0 Å². The van der Waals surface area contributed by atoms with E-state index in [1.54, 1.807) is 0 Å². The van der Waals surface area contributed by atoms with Crippen molar-refractivity contribution in [3.63, 3.8) is 0 Å². The van der Waals surface area contributed by atoms with Gasteiger partial charge in [0.05, 0.1) is 0 Å². The molecule has 0 aliphatic heterocycles. The van der Waals surface area contributed by atoms with Gasteiger partial charge in [0.1, 0.15) is 0 Å². The normalized spacial score (nSPS) is 5.00. The van der Waals surface area contributed by atoms with Crippen LogP contribution >= 0.6 is 0 Å². The molecular formula is CH2O4U. The Hall–Kier alpha value is 0.122. The maximum atomic E-state index is 8.56. The summed E-state index contributed by atoms with van der Waals surface area (Å²) in [5.74, 6) is 0. The summed E-state index contributed by atoms with van der Waals surface area (Å²) < 4.78 is 8.42. The van der Waals surface area contributed by atoms with E-state index < -0.39 is 6.16 Å². The molecule has 0 aromatic carbocycles. The number of hydrogen-bond donors (Lipinski definition) is 2. The third-order valence-corrected chi connectivity index (χ3v) is 0. The molecule has 0 heterocycles. The Morgan fingerprint density at radius 1 is 1.33 bits per heavy atom. The third kappa shape index (κ3) is 2700. The van der Waals surface area contributed by atoms with Gasteiger partial charge in [-0.3, -0.25) is 0 Å². The number of hydrogen-bond acceptors (Lipinski definition) is 2. The molecule has 0 amide bonds. The van der Waals surface area contributed by atoms with Crippen LogP contribution in [-0.2, 0) is 2.24 Å². The molecule has 0 aliphatic rings. The minimum absolute atomic E-state index is 0.0918. The number of rotatable bonds is 0. The van der Waals surface area contributed by atoms with Crippen LogP contribution in [0.2, 0.25) is 0 Å². The fourth-order valence-electron chi connectivity index (χ4n) is 0. The standard InChI is InChI=1S/CH2O3.O.U/c2-1(3)4;;/h(H2,2,3,4);;. The van der Waals surface area contributed by atoms with Gasteiger partial charge < -0.3 is 10.2 Å². The Balaban J connectivity index is 0. The van der Waals surface area contributed by atoms with Crippen molar-refractivity contribution in [1.29, 1.82) is 0 Å². The second kappa shape index (κ2) is 8.93. The van der Waals surface area contributed by atoms with Crippen LogP contribution in [0.4, 0.5) is 4.79 Å². The summed E-state index contributed by atoms with van der Waals surface area (Å²) in [4.78, 5) is 8.56. The van der Waals surface area contributed by atoms with E-state index in [0.29, 0.717) is 0 Å². The summed E-state index contributed by atoms with van der Waals surface area (Å²) in [7, 11) is 0. The average Bonchev–Trinajstić information content (AvgIpc) is 1.41. The predicted octanol–water partition coefficient (Wildman–Crippen LogP) is 0.104. The first-order valence-electron chi connectivity index (χ1n) is 0.855. The molecule has 0 fully saturated rings. The fraction of sp³-hybridized carbons (Fsp3) is 0. The van der Waals surface area contributed by atoms with Gasteiger partial charge in [-0.05, 0) is 0 Å². The Labute approximate surface area is 53.0 Å². The molecule has 6 heavy (non-hydrogen) atoms. The van der Waals surface area contributed by atoms with E-state index in [1.165, 1.54) is 0 Å². The molecule has 0 radical (unpaired) electrons. The van der Waals surface area contributed by atoms with Gasteiger partial charge in [0, 0.05) is 0 Å². The van der Waals surface area contributed by atoms with Crippen LogP contribution in [0, 0.1) is 29.5 Å². The first kappa shape index (κ1) is 9.45. The van der Waals surface area contributed by atoms with E-state index in [1.807, 2.05) is 0 Å². The van der Waals surface area contributed by atoms with E-state index in [4.69, 9.17) is 17.2 Å². The van der Waals surface area contributed by atoms with Crippen molar-refractivity contribution >= 4 is 6.16 Å². The van der Waals surface area contributed by atoms with Gasteiger partial charge in [0.15, 0.2) is 0 Å². The molecule has 0 saturated heterocycles. The van der Waals surface area contributed by atoms with Gasteiger partial charge in [-0.15, -0.1) is 0 Å². The van der Waals surface area contributed by atoms with Gasteiger partial charge in [0.25, 0.3) is 0 Å². The van der Waals surface area contributed by atoms with E-state index in [-0.39, 0.29) is 29.5 Å². The number of carbonyl (C=O) groups is 1. The summed E-state index contributed by atoms with van der Waals surface area (Å²) in [5.41, 5.74) is 0. The topological polar surface area (TPSA) is 74.6 Å². The summed E-state index contributed by atoms with van der Waals surface area (Å²) >= 11 is -0.0918. The van der Waals surface area contributed by atoms with Crippen molar-refractivity contribution in [2.45, 2.75) is 0 Å². The number of carboxylic acid groups (broad SMARTS) is 2. The molecule has 4 nitrogen and oxygen atoms in total. The average molecular weight is 316 g/mol. The summed E-state index contributed by atoms with van der Waals surface area (Å²) in [5, 5.41) is 13.9. The second-order valence-electron chi connectivity index (χ2n) is 0.283. The molecule has 0 atom stereocenters. The minimum atomic E-state index is -1.83. The van der Waals surface area contributed by atoms with Crippen molar-refractivity contribution < 1.29 is 46.7 Å². The van der Waals surface area contributed by atoms with Gasteiger partial charge >= 0.3 is 37.9 Å². The van der Waals surface area contributed by atoms with E-state index in [2.05, 4.69) is 0 Å². The molecule has 0 saturated carbocycles. The van der Waals surface area contributed by atoms with Crippen LogP contribution < -0.4 is 0 Å². The molecule has 2 N–H and O–H groups in total. The van der Waals surface area contributed by atoms with Crippen molar-refractivity contribution in [3.05, 3.63) is 0 Å². The molecule has 34 valence electrons. The Morgan fingerprint density at radius 3 is 1.33 bits per heavy atom. The zero-order valence-electron chi connectivity index (χ0n) is 2.71. The van der Waals surface area contributed by atoms with Gasteiger partial charge in [0.2, 0.25) is 0 Å². The summed E-state index contributed by atoms with van der Waals surface area (Å²) in [6.45, 7) is 0. The molecule has 0 aromatic rings. The third-order valence-electron chi connectivity index (χ3n) is 0. The first-order chi connectivity index (χ1) is 2.73. The molecule has 0 aliphatic carbocycles. The van der Waals surface area contributed by atoms with Crippen LogP contribution in [0.3, 0.4) is 0 Å². The molecule has 0 bridgehead atoms. The van der Waals surface area contributed by atoms with Crippen LogP contribution in [0.15, 0.2) is 0 Å². The monoisotopic (exact) mass is 316 g/mol. The van der Waals surface area contributed by atoms with Crippen LogP contribution in [-0.4, -0.2) is 16.4 Å².